The molecule has 2 heterocycles. The summed E-state index contributed by atoms with van der Waals surface area (Å²) in [5.74, 6) is -1.21. The molecule has 1 N–H and O–H groups in total. The average Bonchev–Trinajstić information content (AvgIpc) is 3.28. The van der Waals surface area contributed by atoms with Crippen molar-refractivity contribution in [2.45, 2.75) is 13.2 Å². The molecular formula is C23H16ClF2N3O2S. The molecule has 9 heteroatoms. The van der Waals surface area contributed by atoms with Crippen LogP contribution in [0.1, 0.15) is 21.6 Å². The predicted octanol–water partition coefficient (Wildman–Crippen LogP) is 5.65. The molecular weight excluding hydrogens is 456 g/mol. The number of ether oxygens (including phenoxy) is 1. The number of carbonyl (C=O) groups is 1. The highest BCUT2D eigenvalue weighted by Crippen LogP contribution is 2.30. The van der Waals surface area contributed by atoms with Gasteiger partial charge in [-0.3, -0.25) is 9.78 Å². The topological polar surface area (TPSA) is 64.1 Å². The smallest absolute Gasteiger partial charge is 0.271 e. The Labute approximate surface area is 191 Å². The number of thiazole rings is 1. The lowest BCUT2D eigenvalue weighted by molar-refractivity contribution is 0.0946. The summed E-state index contributed by atoms with van der Waals surface area (Å²) in [6, 6.07) is 12.2. The van der Waals surface area contributed by atoms with Gasteiger partial charge in [-0.1, -0.05) is 23.7 Å². The summed E-state index contributed by atoms with van der Waals surface area (Å²) >= 11 is 7.14. The van der Waals surface area contributed by atoms with Crippen LogP contribution in [0.3, 0.4) is 0 Å². The summed E-state index contributed by atoms with van der Waals surface area (Å²) in [4.78, 5) is 20.6. The lowest BCUT2D eigenvalue weighted by Gasteiger charge is -2.09. The molecule has 0 atom stereocenters. The maximum absolute atomic E-state index is 14.7. The molecule has 32 heavy (non-hydrogen) atoms. The number of carbonyl (C=O) groups excluding carboxylic acids is 1. The SMILES string of the molecule is O=C(NCc1cccnc1)c1csc(-c2ccc(OCc3c(F)cccc3Cl)cc2F)n1. The molecule has 4 aromatic rings. The third-order valence-electron chi connectivity index (χ3n) is 4.53. The monoisotopic (exact) mass is 471 g/mol. The number of nitrogens with one attached hydrogen (secondary N) is 1. The van der Waals surface area contributed by atoms with Crippen molar-refractivity contribution in [2.24, 2.45) is 0 Å². The minimum Gasteiger partial charge on any atom is -0.489 e. The maximum Gasteiger partial charge on any atom is 0.271 e. The van der Waals surface area contributed by atoms with Crippen LogP contribution in [0, 0.1) is 11.6 Å². The minimum atomic E-state index is -0.571. The van der Waals surface area contributed by atoms with E-state index < -0.39 is 11.6 Å². The molecule has 5 nitrogen and oxygen atoms in total. The highest BCUT2D eigenvalue weighted by Gasteiger charge is 2.15. The van der Waals surface area contributed by atoms with E-state index in [1.807, 2.05) is 6.07 Å². The van der Waals surface area contributed by atoms with Crippen LogP contribution < -0.4 is 10.1 Å². The summed E-state index contributed by atoms with van der Waals surface area (Å²) in [6.45, 7) is 0.175. The number of nitrogens with zero attached hydrogens (tertiary/aromatic N) is 2. The van der Waals surface area contributed by atoms with Crippen molar-refractivity contribution in [2.75, 3.05) is 0 Å². The highest BCUT2D eigenvalue weighted by molar-refractivity contribution is 7.13. The Morgan fingerprint density at radius 3 is 2.75 bits per heavy atom. The van der Waals surface area contributed by atoms with E-state index in [1.165, 1.54) is 24.3 Å². The fraction of sp³-hybridized carbons (Fsp3) is 0.0870. The van der Waals surface area contributed by atoms with Crippen molar-refractivity contribution >= 4 is 28.8 Å². The first-order chi connectivity index (χ1) is 15.5. The normalized spacial score (nSPS) is 10.7. The van der Waals surface area contributed by atoms with Gasteiger partial charge in [0.05, 0.1) is 5.02 Å². The Bertz CT molecular complexity index is 1230. The number of hydrogen-bond acceptors (Lipinski definition) is 5. The molecule has 0 bridgehead atoms. The van der Waals surface area contributed by atoms with Crippen molar-refractivity contribution in [3.63, 3.8) is 0 Å². The third-order valence-corrected chi connectivity index (χ3v) is 5.76. The third kappa shape index (κ3) is 5.09. The quantitative estimate of drug-likeness (QED) is 0.378. The van der Waals surface area contributed by atoms with Gasteiger partial charge in [0.25, 0.3) is 5.91 Å². The molecule has 1 amide bonds. The van der Waals surface area contributed by atoms with Crippen molar-refractivity contribution in [3.05, 3.63) is 99.8 Å². The van der Waals surface area contributed by atoms with Crippen molar-refractivity contribution in [1.29, 1.82) is 0 Å². The predicted molar refractivity (Wildman–Crippen MR) is 119 cm³/mol. The summed E-state index contributed by atoms with van der Waals surface area (Å²) in [7, 11) is 0. The number of benzene rings is 2. The first-order valence-corrected chi connectivity index (χ1v) is 10.8. The summed E-state index contributed by atoms with van der Waals surface area (Å²) in [6.07, 6.45) is 3.31. The molecule has 0 spiro atoms. The molecule has 0 aliphatic rings. The molecule has 0 unspecified atom stereocenters. The highest BCUT2D eigenvalue weighted by atomic mass is 35.5. The largest absolute Gasteiger partial charge is 0.489 e. The first-order valence-electron chi connectivity index (χ1n) is 9.49. The second kappa shape index (κ2) is 9.84. The summed E-state index contributed by atoms with van der Waals surface area (Å²) in [5.41, 5.74) is 1.48. The van der Waals surface area contributed by atoms with Gasteiger partial charge in [0.15, 0.2) is 0 Å². The lowest BCUT2D eigenvalue weighted by Crippen LogP contribution is -2.23. The van der Waals surface area contributed by atoms with Gasteiger partial charge < -0.3 is 10.1 Å². The molecule has 0 saturated heterocycles. The molecule has 0 saturated carbocycles. The average molecular weight is 472 g/mol. The van der Waals surface area contributed by atoms with Crippen LogP contribution >= 0.6 is 22.9 Å². The number of hydrogen-bond donors (Lipinski definition) is 1. The van der Waals surface area contributed by atoms with Gasteiger partial charge in [-0.15, -0.1) is 11.3 Å². The van der Waals surface area contributed by atoms with E-state index in [-0.39, 0.29) is 40.1 Å². The maximum atomic E-state index is 14.7. The van der Waals surface area contributed by atoms with E-state index in [9.17, 15) is 13.6 Å². The van der Waals surface area contributed by atoms with E-state index in [1.54, 1.807) is 36.0 Å². The van der Waals surface area contributed by atoms with Crippen molar-refractivity contribution in [3.8, 4) is 16.3 Å². The minimum absolute atomic E-state index is 0.136. The summed E-state index contributed by atoms with van der Waals surface area (Å²) in [5, 5.41) is 4.92. The fourth-order valence-electron chi connectivity index (χ4n) is 2.86. The number of amides is 1. The van der Waals surface area contributed by atoms with Gasteiger partial charge in [-0.2, -0.15) is 0 Å². The Balaban J connectivity index is 1.42. The van der Waals surface area contributed by atoms with Crippen molar-refractivity contribution < 1.29 is 18.3 Å². The van der Waals surface area contributed by atoms with Crippen LogP contribution in [0.5, 0.6) is 5.75 Å². The van der Waals surface area contributed by atoms with Gasteiger partial charge >= 0.3 is 0 Å². The van der Waals surface area contributed by atoms with E-state index >= 15 is 0 Å². The standard InChI is InChI=1S/C23H16ClF2N3O2S/c24-18-4-1-5-19(25)17(18)12-31-15-6-7-16(20(26)9-15)23-29-21(13-32-23)22(30)28-11-14-3-2-8-27-10-14/h1-10,13H,11-12H2,(H,28,30). The number of halogens is 3. The number of pyridine rings is 1. The van der Waals surface area contributed by atoms with Gasteiger partial charge in [-0.05, 0) is 35.9 Å². The van der Waals surface area contributed by atoms with E-state index in [2.05, 4.69) is 15.3 Å². The second-order valence-corrected chi connectivity index (χ2v) is 7.98. The van der Waals surface area contributed by atoms with Crippen LogP contribution in [0.2, 0.25) is 5.02 Å². The molecule has 0 aliphatic heterocycles. The van der Waals surface area contributed by atoms with Gasteiger partial charge in [-0.25, -0.2) is 13.8 Å². The number of rotatable bonds is 7. The van der Waals surface area contributed by atoms with E-state index in [0.29, 0.717) is 11.6 Å². The lowest BCUT2D eigenvalue weighted by atomic mass is 10.2. The van der Waals surface area contributed by atoms with E-state index in [0.717, 1.165) is 16.9 Å². The molecule has 2 aromatic heterocycles. The Hall–Kier alpha value is -3.36. The molecule has 4 rings (SSSR count). The Morgan fingerprint density at radius 1 is 1.12 bits per heavy atom. The van der Waals surface area contributed by atoms with Crippen molar-refractivity contribution in [1.82, 2.24) is 15.3 Å². The number of aromatic nitrogens is 2. The van der Waals surface area contributed by atoms with Crippen LogP contribution in [0.25, 0.3) is 10.6 Å². The molecule has 0 fully saturated rings. The zero-order chi connectivity index (χ0) is 22.5. The molecule has 2 aromatic carbocycles. The van der Waals surface area contributed by atoms with Crippen LogP contribution in [-0.2, 0) is 13.2 Å². The second-order valence-electron chi connectivity index (χ2n) is 6.71. The zero-order valence-corrected chi connectivity index (χ0v) is 18.1. The van der Waals surface area contributed by atoms with E-state index in [4.69, 9.17) is 16.3 Å². The molecule has 162 valence electrons. The first kappa shape index (κ1) is 21.9. The Morgan fingerprint density at radius 2 is 2.00 bits per heavy atom. The Kier molecular flexibility index (Phi) is 6.72. The van der Waals surface area contributed by atoms with Crippen LogP contribution in [0.15, 0.2) is 66.3 Å². The van der Waals surface area contributed by atoms with Gasteiger partial charge in [0, 0.05) is 41.5 Å². The summed E-state index contributed by atoms with van der Waals surface area (Å²) < 4.78 is 34.0. The van der Waals surface area contributed by atoms with Crippen LogP contribution in [-0.4, -0.2) is 15.9 Å². The molecule has 0 radical (unpaired) electrons. The zero-order valence-electron chi connectivity index (χ0n) is 16.5. The molecule has 0 aliphatic carbocycles. The fourth-order valence-corrected chi connectivity index (χ4v) is 3.91. The van der Waals surface area contributed by atoms with Gasteiger partial charge in [0.1, 0.15) is 34.7 Å². The van der Waals surface area contributed by atoms with Crippen LogP contribution in [0.4, 0.5) is 8.78 Å². The van der Waals surface area contributed by atoms with Gasteiger partial charge in [0.2, 0.25) is 0 Å².